The molecule has 0 amide bonds. The van der Waals surface area contributed by atoms with Crippen molar-refractivity contribution in [1.29, 1.82) is 0 Å². The molecule has 4 rings (SSSR count). The molecule has 0 saturated carbocycles. The molecule has 4 nitrogen and oxygen atoms in total. The lowest BCUT2D eigenvalue weighted by Crippen LogP contribution is -2.48. The average molecular weight is 460 g/mol. The molecule has 2 aromatic rings. The fraction of sp³-hybridized carbons (Fsp3) is 0.560. The summed E-state index contributed by atoms with van der Waals surface area (Å²) in [5.41, 5.74) is 6.20. The van der Waals surface area contributed by atoms with Gasteiger partial charge in [0.2, 0.25) is 0 Å². The number of hydrogen-bond acceptors (Lipinski definition) is 5. The van der Waals surface area contributed by atoms with Gasteiger partial charge in [-0.1, -0.05) is 45.7 Å². The van der Waals surface area contributed by atoms with Gasteiger partial charge in [0.05, 0.1) is 5.56 Å². The van der Waals surface area contributed by atoms with E-state index in [9.17, 15) is 0 Å². The van der Waals surface area contributed by atoms with Gasteiger partial charge < -0.3 is 9.64 Å². The van der Waals surface area contributed by atoms with Crippen LogP contribution in [0.25, 0.3) is 0 Å². The number of piperazine rings is 1. The Morgan fingerprint density at radius 3 is 2.42 bits per heavy atom. The van der Waals surface area contributed by atoms with Crippen LogP contribution in [-0.4, -0.2) is 48.4 Å². The van der Waals surface area contributed by atoms with Gasteiger partial charge in [-0.15, -0.1) is 11.3 Å². The number of halogens is 1. The van der Waals surface area contributed by atoms with E-state index >= 15 is 0 Å². The molecule has 0 unspecified atom stereocenters. The number of nitrogens with zero attached hydrogens (tertiary/aromatic N) is 3. The third kappa shape index (κ3) is 4.37. The third-order valence-electron chi connectivity index (χ3n) is 6.39. The fourth-order valence-electron chi connectivity index (χ4n) is 4.90. The Bertz CT molecular complexity index is 960. The van der Waals surface area contributed by atoms with Gasteiger partial charge in [0.25, 0.3) is 0 Å². The maximum Gasteiger partial charge on any atom is 0.167 e. The van der Waals surface area contributed by atoms with Crippen LogP contribution < -0.4 is 4.74 Å². The predicted molar refractivity (Wildman–Crippen MR) is 133 cm³/mol. The van der Waals surface area contributed by atoms with Crippen LogP contribution in [0.15, 0.2) is 16.4 Å². The van der Waals surface area contributed by atoms with E-state index < -0.39 is 0 Å². The molecular formula is C25H34ClN3OS. The highest BCUT2D eigenvalue weighted by Gasteiger charge is 2.30. The first kappa shape index (κ1) is 22.6. The number of fused-ring (bicyclic) bond motifs is 2. The van der Waals surface area contributed by atoms with Gasteiger partial charge in [-0.2, -0.15) is 0 Å². The van der Waals surface area contributed by atoms with E-state index in [2.05, 4.69) is 48.9 Å². The first-order chi connectivity index (χ1) is 15.1. The van der Waals surface area contributed by atoms with Crippen LogP contribution in [0.1, 0.15) is 62.8 Å². The molecular weight excluding hydrogens is 426 g/mol. The minimum absolute atomic E-state index is 0.704. The highest BCUT2D eigenvalue weighted by molar-refractivity contribution is 7.15. The SMILES string of the molecule is CCCc1cc2c(c(CC)c1CC)N=C(N1CCN(CCC)CC1)c1csc(Cl)c1O2. The molecule has 168 valence electrons. The second kappa shape index (κ2) is 9.93. The Morgan fingerprint density at radius 1 is 1.03 bits per heavy atom. The van der Waals surface area contributed by atoms with Gasteiger partial charge in [-0.25, -0.2) is 4.99 Å². The minimum atomic E-state index is 0.704. The highest BCUT2D eigenvalue weighted by atomic mass is 35.5. The maximum atomic E-state index is 6.61. The summed E-state index contributed by atoms with van der Waals surface area (Å²) in [6.07, 6.45) is 5.36. The molecule has 0 atom stereocenters. The predicted octanol–water partition coefficient (Wildman–Crippen LogP) is 6.69. The second-order valence-electron chi connectivity index (χ2n) is 8.42. The number of aliphatic imine (C=N–C) groups is 1. The number of rotatable bonds is 6. The number of ether oxygens (including phenoxy) is 1. The number of hydrogen-bond donors (Lipinski definition) is 0. The van der Waals surface area contributed by atoms with E-state index in [4.69, 9.17) is 21.3 Å². The van der Waals surface area contributed by atoms with Crippen molar-refractivity contribution in [2.75, 3.05) is 32.7 Å². The van der Waals surface area contributed by atoms with Gasteiger partial charge >= 0.3 is 0 Å². The van der Waals surface area contributed by atoms with Crippen LogP contribution in [0.5, 0.6) is 11.5 Å². The standard InChI is InChI=1S/C25H34ClN3OS/c1-5-9-17-15-21-22(19(8-4)18(17)7-3)27-25(20-16-31-24(26)23(20)30-21)29-13-11-28(10-6-2)12-14-29/h15-16H,5-14H2,1-4H3. The molecule has 1 aromatic carbocycles. The largest absolute Gasteiger partial charge is 0.452 e. The zero-order valence-corrected chi connectivity index (χ0v) is 20.8. The van der Waals surface area contributed by atoms with Gasteiger partial charge in [-0.05, 0) is 55.0 Å². The summed E-state index contributed by atoms with van der Waals surface area (Å²) in [4.78, 5) is 10.3. The lowest BCUT2D eigenvalue weighted by molar-refractivity contribution is 0.183. The fourth-order valence-corrected chi connectivity index (χ4v) is 5.87. The molecule has 31 heavy (non-hydrogen) atoms. The van der Waals surface area contributed by atoms with Gasteiger partial charge in [0, 0.05) is 31.6 Å². The summed E-state index contributed by atoms with van der Waals surface area (Å²) < 4.78 is 7.21. The molecule has 0 radical (unpaired) electrons. The summed E-state index contributed by atoms with van der Waals surface area (Å²) in [5, 5.41) is 2.11. The lowest BCUT2D eigenvalue weighted by Gasteiger charge is -2.36. The molecule has 0 aliphatic carbocycles. The molecule has 3 heterocycles. The summed E-state index contributed by atoms with van der Waals surface area (Å²) in [6.45, 7) is 14.3. The van der Waals surface area contributed by atoms with E-state index in [1.54, 1.807) is 0 Å². The van der Waals surface area contributed by atoms with Crippen LogP contribution in [0, 0.1) is 0 Å². The van der Waals surface area contributed by atoms with E-state index in [0.29, 0.717) is 4.34 Å². The summed E-state index contributed by atoms with van der Waals surface area (Å²) in [6, 6.07) is 2.22. The Labute approximate surface area is 195 Å². The molecule has 0 bridgehead atoms. The average Bonchev–Trinajstić information content (AvgIpc) is 3.04. The van der Waals surface area contributed by atoms with E-state index in [1.807, 2.05) is 0 Å². The Hall–Kier alpha value is -1.56. The van der Waals surface area contributed by atoms with Crippen molar-refractivity contribution in [3.8, 4) is 11.5 Å². The van der Waals surface area contributed by atoms with Crippen LogP contribution in [0.2, 0.25) is 4.34 Å². The van der Waals surface area contributed by atoms with E-state index in [0.717, 1.165) is 80.4 Å². The molecule has 1 fully saturated rings. The molecule has 1 aromatic heterocycles. The molecule has 0 spiro atoms. The van der Waals surface area contributed by atoms with Crippen molar-refractivity contribution in [3.63, 3.8) is 0 Å². The quantitative estimate of drug-likeness (QED) is 0.481. The van der Waals surface area contributed by atoms with E-state index in [1.165, 1.54) is 41.0 Å². The van der Waals surface area contributed by atoms with Crippen molar-refractivity contribution in [2.24, 2.45) is 4.99 Å². The molecule has 2 aliphatic rings. The molecule has 0 N–H and O–H groups in total. The normalized spacial score (nSPS) is 16.4. The number of benzene rings is 1. The van der Waals surface area contributed by atoms with Crippen LogP contribution >= 0.6 is 22.9 Å². The van der Waals surface area contributed by atoms with Crippen LogP contribution in [-0.2, 0) is 19.3 Å². The number of amidine groups is 1. The Morgan fingerprint density at radius 2 is 1.77 bits per heavy atom. The lowest BCUT2D eigenvalue weighted by atomic mass is 9.92. The first-order valence-electron chi connectivity index (χ1n) is 11.8. The maximum absolute atomic E-state index is 6.61. The van der Waals surface area contributed by atoms with Crippen molar-refractivity contribution in [1.82, 2.24) is 9.80 Å². The minimum Gasteiger partial charge on any atom is -0.452 e. The number of aryl methyl sites for hydroxylation is 1. The first-order valence-corrected chi connectivity index (χ1v) is 13.1. The van der Waals surface area contributed by atoms with Gasteiger partial charge in [0.1, 0.15) is 15.9 Å². The van der Waals surface area contributed by atoms with E-state index in [-0.39, 0.29) is 0 Å². The van der Waals surface area contributed by atoms with Crippen molar-refractivity contribution in [2.45, 2.75) is 59.8 Å². The van der Waals surface area contributed by atoms with Crippen molar-refractivity contribution in [3.05, 3.63) is 38.0 Å². The van der Waals surface area contributed by atoms with Crippen LogP contribution in [0.3, 0.4) is 0 Å². The highest BCUT2D eigenvalue weighted by Crippen LogP contribution is 2.47. The summed E-state index contributed by atoms with van der Waals surface area (Å²) in [7, 11) is 0. The summed E-state index contributed by atoms with van der Waals surface area (Å²) >= 11 is 8.15. The Balaban J connectivity index is 1.82. The molecule has 2 aliphatic heterocycles. The number of thiophene rings is 1. The molecule has 6 heteroatoms. The smallest absolute Gasteiger partial charge is 0.167 e. The second-order valence-corrected chi connectivity index (χ2v) is 9.90. The zero-order chi connectivity index (χ0) is 22.0. The Kier molecular flexibility index (Phi) is 7.25. The van der Waals surface area contributed by atoms with Gasteiger partial charge in [-0.3, -0.25) is 4.90 Å². The topological polar surface area (TPSA) is 28.1 Å². The van der Waals surface area contributed by atoms with Crippen molar-refractivity contribution >= 4 is 34.5 Å². The van der Waals surface area contributed by atoms with Gasteiger partial charge in [0.15, 0.2) is 11.5 Å². The van der Waals surface area contributed by atoms with Crippen LogP contribution in [0.4, 0.5) is 5.69 Å². The molecule has 1 saturated heterocycles. The third-order valence-corrected chi connectivity index (χ3v) is 7.57. The summed E-state index contributed by atoms with van der Waals surface area (Å²) in [5.74, 6) is 2.65. The zero-order valence-electron chi connectivity index (χ0n) is 19.3. The monoisotopic (exact) mass is 459 g/mol. The van der Waals surface area contributed by atoms with Crippen molar-refractivity contribution < 1.29 is 4.74 Å².